The van der Waals surface area contributed by atoms with Gasteiger partial charge >= 0.3 is 6.18 Å². The molecule has 4 nitrogen and oxygen atoms in total. The molecule has 1 aromatic carbocycles. The van der Waals surface area contributed by atoms with Crippen molar-refractivity contribution < 1.29 is 18.0 Å². The number of amides is 1. The number of benzene rings is 1. The molecule has 128 valence electrons. The molecule has 1 unspecified atom stereocenters. The second kappa shape index (κ2) is 7.31. The van der Waals surface area contributed by atoms with E-state index in [1.165, 1.54) is 0 Å². The number of nitrogens with zero attached hydrogens (tertiary/aromatic N) is 1. The van der Waals surface area contributed by atoms with Crippen LogP contribution in [0.15, 0.2) is 30.3 Å². The molecule has 23 heavy (non-hydrogen) atoms. The van der Waals surface area contributed by atoms with Crippen molar-refractivity contribution >= 4 is 5.91 Å². The van der Waals surface area contributed by atoms with E-state index in [0.29, 0.717) is 19.5 Å². The molecule has 1 aliphatic rings. The molecular weight excluding hydrogens is 307 g/mol. The molecule has 1 heterocycles. The van der Waals surface area contributed by atoms with E-state index < -0.39 is 17.5 Å². The van der Waals surface area contributed by atoms with Crippen LogP contribution in [-0.4, -0.2) is 43.2 Å². The summed E-state index contributed by atoms with van der Waals surface area (Å²) in [5.74, 6) is -0.936. The molecule has 1 aliphatic heterocycles. The number of alkyl halides is 3. The van der Waals surface area contributed by atoms with E-state index in [1.807, 2.05) is 30.3 Å². The Balaban J connectivity index is 2.07. The van der Waals surface area contributed by atoms with E-state index in [4.69, 9.17) is 5.73 Å². The standard InChI is InChI=1S/C16H22F3N3O/c17-16(18,19)15(14(23)21-9-4-8-20)7-10-22(12-15)11-13-5-2-1-3-6-13/h1-3,5-6H,4,7-12,20H2,(H,21,23). The first-order chi connectivity index (χ1) is 10.9. The fourth-order valence-corrected chi connectivity index (χ4v) is 2.88. The van der Waals surface area contributed by atoms with E-state index in [-0.39, 0.29) is 26.1 Å². The van der Waals surface area contributed by atoms with Crippen molar-refractivity contribution in [3.05, 3.63) is 35.9 Å². The lowest BCUT2D eigenvalue weighted by Crippen LogP contribution is -2.52. The average Bonchev–Trinajstić information content (AvgIpc) is 2.93. The summed E-state index contributed by atoms with van der Waals surface area (Å²) < 4.78 is 40.7. The van der Waals surface area contributed by atoms with Crippen molar-refractivity contribution in [1.82, 2.24) is 10.2 Å². The van der Waals surface area contributed by atoms with Gasteiger partial charge in [-0.3, -0.25) is 9.69 Å². The lowest BCUT2D eigenvalue weighted by molar-refractivity contribution is -0.218. The molecule has 0 saturated carbocycles. The molecule has 3 N–H and O–H groups in total. The maximum absolute atomic E-state index is 13.6. The van der Waals surface area contributed by atoms with Crippen LogP contribution < -0.4 is 11.1 Å². The highest BCUT2D eigenvalue weighted by Gasteiger charge is 2.62. The SMILES string of the molecule is NCCCNC(=O)C1(C(F)(F)F)CCN(Cc2ccccc2)C1. The molecule has 2 rings (SSSR count). The van der Waals surface area contributed by atoms with Crippen LogP contribution in [-0.2, 0) is 11.3 Å². The molecule has 1 saturated heterocycles. The zero-order valence-electron chi connectivity index (χ0n) is 12.9. The van der Waals surface area contributed by atoms with E-state index >= 15 is 0 Å². The summed E-state index contributed by atoms with van der Waals surface area (Å²) in [5, 5.41) is 2.39. The van der Waals surface area contributed by atoms with Crippen molar-refractivity contribution in [2.75, 3.05) is 26.2 Å². The minimum Gasteiger partial charge on any atom is -0.355 e. The van der Waals surface area contributed by atoms with Gasteiger partial charge in [-0.1, -0.05) is 30.3 Å². The first kappa shape index (κ1) is 17.7. The van der Waals surface area contributed by atoms with E-state index in [1.54, 1.807) is 4.90 Å². The van der Waals surface area contributed by atoms with Gasteiger partial charge in [0.2, 0.25) is 5.91 Å². The van der Waals surface area contributed by atoms with Crippen molar-refractivity contribution in [3.8, 4) is 0 Å². The maximum Gasteiger partial charge on any atom is 0.404 e. The van der Waals surface area contributed by atoms with Gasteiger partial charge in [0.1, 0.15) is 0 Å². The summed E-state index contributed by atoms with van der Waals surface area (Å²) in [7, 11) is 0. The van der Waals surface area contributed by atoms with Gasteiger partial charge in [0, 0.05) is 19.6 Å². The Morgan fingerprint density at radius 2 is 2.00 bits per heavy atom. The van der Waals surface area contributed by atoms with E-state index in [9.17, 15) is 18.0 Å². The number of halogens is 3. The third kappa shape index (κ3) is 4.03. The second-order valence-electron chi connectivity index (χ2n) is 5.92. The molecule has 1 fully saturated rings. The summed E-state index contributed by atoms with van der Waals surface area (Å²) in [4.78, 5) is 13.9. The number of nitrogens with two attached hydrogens (primary N) is 1. The zero-order valence-corrected chi connectivity index (χ0v) is 12.9. The summed E-state index contributed by atoms with van der Waals surface area (Å²) in [5.41, 5.74) is 3.93. The summed E-state index contributed by atoms with van der Waals surface area (Å²) in [6, 6.07) is 9.30. The van der Waals surface area contributed by atoms with Crippen LogP contribution in [0.1, 0.15) is 18.4 Å². The Morgan fingerprint density at radius 3 is 2.61 bits per heavy atom. The fraction of sp³-hybridized carbons (Fsp3) is 0.562. The number of hydrogen-bond donors (Lipinski definition) is 2. The molecule has 0 aromatic heterocycles. The van der Waals surface area contributed by atoms with Gasteiger partial charge in [0.25, 0.3) is 0 Å². The van der Waals surface area contributed by atoms with Crippen molar-refractivity contribution in [2.45, 2.75) is 25.6 Å². The molecule has 0 aliphatic carbocycles. The predicted octanol–water partition coefficient (Wildman–Crippen LogP) is 1.91. The van der Waals surface area contributed by atoms with Gasteiger partial charge in [-0.2, -0.15) is 13.2 Å². The number of carbonyl (C=O) groups is 1. The molecule has 7 heteroatoms. The number of nitrogens with one attached hydrogen (secondary N) is 1. The summed E-state index contributed by atoms with van der Waals surface area (Å²) in [6.07, 6.45) is -4.31. The van der Waals surface area contributed by atoms with Gasteiger partial charge < -0.3 is 11.1 Å². The van der Waals surface area contributed by atoms with Crippen molar-refractivity contribution in [3.63, 3.8) is 0 Å². The van der Waals surface area contributed by atoms with E-state index in [2.05, 4.69) is 5.32 Å². The summed E-state index contributed by atoms with van der Waals surface area (Å²) >= 11 is 0. The number of likely N-dealkylation sites (tertiary alicyclic amines) is 1. The van der Waals surface area contributed by atoms with E-state index in [0.717, 1.165) is 5.56 Å². The van der Waals surface area contributed by atoms with Crippen LogP contribution in [0.3, 0.4) is 0 Å². The van der Waals surface area contributed by atoms with Gasteiger partial charge in [0.05, 0.1) is 0 Å². The van der Waals surface area contributed by atoms with Gasteiger partial charge in [0.15, 0.2) is 5.41 Å². The normalized spacial score (nSPS) is 22.3. The van der Waals surface area contributed by atoms with Crippen LogP contribution in [0.25, 0.3) is 0 Å². The Bertz CT molecular complexity index is 521. The lowest BCUT2D eigenvalue weighted by Gasteiger charge is -2.30. The van der Waals surface area contributed by atoms with Crippen LogP contribution in [0.5, 0.6) is 0 Å². The average molecular weight is 329 g/mol. The molecule has 0 bridgehead atoms. The fourth-order valence-electron chi connectivity index (χ4n) is 2.88. The molecule has 1 amide bonds. The Labute approximate surface area is 133 Å². The largest absolute Gasteiger partial charge is 0.404 e. The molecular formula is C16H22F3N3O. The first-order valence-corrected chi connectivity index (χ1v) is 7.70. The number of rotatable bonds is 6. The number of hydrogen-bond acceptors (Lipinski definition) is 3. The summed E-state index contributed by atoms with van der Waals surface area (Å²) in [6.45, 7) is 0.860. The Kier molecular flexibility index (Phi) is 5.64. The third-order valence-electron chi connectivity index (χ3n) is 4.24. The Hall–Kier alpha value is -1.60. The predicted molar refractivity (Wildman–Crippen MR) is 81.5 cm³/mol. The van der Waals surface area contributed by atoms with Gasteiger partial charge in [-0.05, 0) is 31.5 Å². The van der Waals surface area contributed by atoms with Crippen LogP contribution >= 0.6 is 0 Å². The quantitative estimate of drug-likeness (QED) is 0.784. The van der Waals surface area contributed by atoms with Crippen LogP contribution in [0.4, 0.5) is 13.2 Å². The molecule has 0 radical (unpaired) electrons. The highest BCUT2D eigenvalue weighted by molar-refractivity contribution is 5.84. The first-order valence-electron chi connectivity index (χ1n) is 7.70. The second-order valence-corrected chi connectivity index (χ2v) is 5.92. The smallest absolute Gasteiger partial charge is 0.355 e. The zero-order chi connectivity index (χ0) is 16.9. The van der Waals surface area contributed by atoms with Gasteiger partial charge in [-0.25, -0.2) is 0 Å². The number of carbonyl (C=O) groups excluding carboxylic acids is 1. The minimum atomic E-state index is -4.56. The minimum absolute atomic E-state index is 0.172. The van der Waals surface area contributed by atoms with Crippen molar-refractivity contribution in [1.29, 1.82) is 0 Å². The van der Waals surface area contributed by atoms with Crippen molar-refractivity contribution in [2.24, 2.45) is 11.1 Å². The highest BCUT2D eigenvalue weighted by atomic mass is 19.4. The highest BCUT2D eigenvalue weighted by Crippen LogP contribution is 2.46. The lowest BCUT2D eigenvalue weighted by atomic mass is 9.85. The maximum atomic E-state index is 13.6. The van der Waals surface area contributed by atoms with Crippen LogP contribution in [0.2, 0.25) is 0 Å². The topological polar surface area (TPSA) is 58.4 Å². The third-order valence-corrected chi connectivity index (χ3v) is 4.24. The molecule has 0 spiro atoms. The van der Waals surface area contributed by atoms with Gasteiger partial charge in [-0.15, -0.1) is 0 Å². The molecule has 1 atom stereocenters. The Morgan fingerprint density at radius 1 is 1.30 bits per heavy atom. The monoisotopic (exact) mass is 329 g/mol. The van der Waals surface area contributed by atoms with Crippen LogP contribution in [0, 0.1) is 5.41 Å². The molecule has 1 aromatic rings.